The van der Waals surface area contributed by atoms with Crippen LogP contribution in [0.5, 0.6) is 0 Å². The van der Waals surface area contributed by atoms with E-state index in [1.807, 2.05) is 4.90 Å². The number of aromatic nitrogens is 2. The summed E-state index contributed by atoms with van der Waals surface area (Å²) < 4.78 is 19.6. The van der Waals surface area contributed by atoms with Gasteiger partial charge in [0.2, 0.25) is 0 Å². The Kier molecular flexibility index (Phi) is 3.93. The Bertz CT molecular complexity index is 751. The Labute approximate surface area is 139 Å². The lowest BCUT2D eigenvalue weighted by Crippen LogP contribution is -2.36. The van der Waals surface area contributed by atoms with Crippen molar-refractivity contribution in [2.75, 3.05) is 36.5 Å². The monoisotopic (exact) mass is 330 g/mol. The number of ether oxygens (including phenoxy) is 1. The Balaban J connectivity index is 1.45. The second kappa shape index (κ2) is 6.24. The molecule has 126 valence electrons. The first-order valence-corrected chi connectivity index (χ1v) is 8.19. The van der Waals surface area contributed by atoms with Crippen molar-refractivity contribution in [1.29, 1.82) is 0 Å². The quantitative estimate of drug-likeness (QED) is 0.904. The van der Waals surface area contributed by atoms with Crippen LogP contribution in [0.1, 0.15) is 34.9 Å². The number of amides is 1. The molecule has 0 radical (unpaired) electrons. The number of carbonyl (C=O) groups excluding carboxylic acids is 1. The zero-order valence-electron chi connectivity index (χ0n) is 13.2. The van der Waals surface area contributed by atoms with Gasteiger partial charge in [-0.05, 0) is 37.1 Å². The van der Waals surface area contributed by atoms with Crippen molar-refractivity contribution in [3.63, 3.8) is 0 Å². The van der Waals surface area contributed by atoms with E-state index in [4.69, 9.17) is 4.74 Å². The summed E-state index contributed by atoms with van der Waals surface area (Å²) in [6.07, 6.45) is 2.27. The first kappa shape index (κ1) is 15.1. The molecule has 2 fully saturated rings. The number of aromatic amines is 1. The van der Waals surface area contributed by atoms with Crippen molar-refractivity contribution in [3.8, 4) is 0 Å². The van der Waals surface area contributed by atoms with Crippen molar-refractivity contribution in [3.05, 3.63) is 41.5 Å². The van der Waals surface area contributed by atoms with Gasteiger partial charge in [0.25, 0.3) is 5.91 Å². The third-order valence-corrected chi connectivity index (χ3v) is 4.40. The summed E-state index contributed by atoms with van der Waals surface area (Å²) in [5, 5.41) is 9.63. The molecule has 0 spiro atoms. The largest absolute Gasteiger partial charge is 0.378 e. The standard InChI is InChI=1S/C17H19FN4O2/c18-13-9-12(3-4-16(13)22-5-7-24-8-6-22)19-17(23)15-10-14(20-21-15)11-1-2-11/h3-4,9-11H,1-2,5-8H2,(H,19,23)(H,20,21). The molecule has 2 heterocycles. The van der Waals surface area contributed by atoms with Gasteiger partial charge in [0, 0.05) is 30.4 Å². The minimum atomic E-state index is -0.351. The van der Waals surface area contributed by atoms with Crippen molar-refractivity contribution in [1.82, 2.24) is 10.2 Å². The maximum absolute atomic E-state index is 14.4. The van der Waals surface area contributed by atoms with E-state index >= 15 is 0 Å². The molecular weight excluding hydrogens is 311 g/mol. The molecule has 7 heteroatoms. The molecule has 1 aliphatic carbocycles. The number of benzene rings is 1. The molecular formula is C17H19FN4O2. The number of hydrogen-bond acceptors (Lipinski definition) is 4. The highest BCUT2D eigenvalue weighted by atomic mass is 19.1. The predicted octanol–water partition coefficient (Wildman–Crippen LogP) is 2.52. The van der Waals surface area contributed by atoms with Crippen LogP contribution < -0.4 is 10.2 Å². The molecule has 0 unspecified atom stereocenters. The van der Waals surface area contributed by atoms with Gasteiger partial charge >= 0.3 is 0 Å². The third kappa shape index (κ3) is 3.12. The Morgan fingerprint density at radius 1 is 1.29 bits per heavy atom. The van der Waals surface area contributed by atoms with Gasteiger partial charge in [0.1, 0.15) is 5.82 Å². The molecule has 1 amide bonds. The molecule has 2 aromatic rings. The maximum Gasteiger partial charge on any atom is 0.276 e. The van der Waals surface area contributed by atoms with Crippen LogP contribution in [0.15, 0.2) is 24.3 Å². The topological polar surface area (TPSA) is 70.2 Å². The van der Waals surface area contributed by atoms with Gasteiger partial charge in [-0.25, -0.2) is 4.39 Å². The van der Waals surface area contributed by atoms with E-state index in [-0.39, 0.29) is 11.7 Å². The van der Waals surface area contributed by atoms with E-state index in [9.17, 15) is 9.18 Å². The Hall–Kier alpha value is -2.41. The van der Waals surface area contributed by atoms with Crippen LogP contribution in [0, 0.1) is 5.82 Å². The first-order valence-electron chi connectivity index (χ1n) is 8.19. The van der Waals surface area contributed by atoms with Gasteiger partial charge in [-0.15, -0.1) is 0 Å². The maximum atomic E-state index is 14.4. The fourth-order valence-electron chi connectivity index (χ4n) is 2.90. The van der Waals surface area contributed by atoms with Crippen molar-refractivity contribution < 1.29 is 13.9 Å². The van der Waals surface area contributed by atoms with E-state index < -0.39 is 0 Å². The molecule has 2 aliphatic rings. The highest BCUT2D eigenvalue weighted by molar-refractivity contribution is 6.03. The second-order valence-electron chi connectivity index (χ2n) is 6.20. The molecule has 1 saturated heterocycles. The van der Waals surface area contributed by atoms with Gasteiger partial charge in [0.05, 0.1) is 18.9 Å². The SMILES string of the molecule is O=C(Nc1ccc(N2CCOCC2)c(F)c1)c1cc(C2CC2)[nH]n1. The summed E-state index contributed by atoms with van der Waals surface area (Å²) >= 11 is 0. The molecule has 1 aromatic heterocycles. The molecule has 4 rings (SSSR count). The number of halogens is 1. The summed E-state index contributed by atoms with van der Waals surface area (Å²) in [5.74, 6) is -0.184. The number of anilines is 2. The van der Waals surface area contributed by atoms with Crippen molar-refractivity contribution >= 4 is 17.3 Å². The second-order valence-corrected chi connectivity index (χ2v) is 6.20. The number of morpholine rings is 1. The highest BCUT2D eigenvalue weighted by Crippen LogP contribution is 2.39. The minimum absolute atomic E-state index is 0.328. The van der Waals surface area contributed by atoms with Crippen molar-refractivity contribution in [2.24, 2.45) is 0 Å². The number of rotatable bonds is 4. The average Bonchev–Trinajstić information content (AvgIpc) is 3.32. The number of H-pyrrole nitrogens is 1. The molecule has 1 aromatic carbocycles. The third-order valence-electron chi connectivity index (χ3n) is 4.40. The van der Waals surface area contributed by atoms with Gasteiger partial charge in [0.15, 0.2) is 5.69 Å². The normalized spacial score (nSPS) is 17.8. The zero-order chi connectivity index (χ0) is 16.5. The van der Waals surface area contributed by atoms with E-state index in [0.29, 0.717) is 49.3 Å². The van der Waals surface area contributed by atoms with Crippen LogP contribution in [0.4, 0.5) is 15.8 Å². The van der Waals surface area contributed by atoms with Crippen LogP contribution in [-0.4, -0.2) is 42.4 Å². The summed E-state index contributed by atoms with van der Waals surface area (Å²) in [5.41, 5.74) is 2.28. The fourth-order valence-corrected chi connectivity index (χ4v) is 2.90. The lowest BCUT2D eigenvalue weighted by molar-refractivity contribution is 0.102. The lowest BCUT2D eigenvalue weighted by atomic mass is 10.2. The van der Waals surface area contributed by atoms with Gasteiger partial charge in [-0.3, -0.25) is 9.89 Å². The summed E-state index contributed by atoms with van der Waals surface area (Å²) in [6.45, 7) is 2.53. The predicted molar refractivity (Wildman–Crippen MR) is 87.9 cm³/mol. The molecule has 24 heavy (non-hydrogen) atoms. The average molecular weight is 330 g/mol. The smallest absolute Gasteiger partial charge is 0.276 e. The molecule has 0 atom stereocenters. The van der Waals surface area contributed by atoms with Gasteiger partial charge in [-0.2, -0.15) is 5.10 Å². The van der Waals surface area contributed by atoms with E-state index in [1.54, 1.807) is 18.2 Å². The Morgan fingerprint density at radius 3 is 2.79 bits per heavy atom. The van der Waals surface area contributed by atoms with Gasteiger partial charge < -0.3 is 15.0 Å². The van der Waals surface area contributed by atoms with Crippen LogP contribution in [0.2, 0.25) is 0 Å². The molecule has 0 bridgehead atoms. The van der Waals surface area contributed by atoms with Crippen molar-refractivity contribution in [2.45, 2.75) is 18.8 Å². The van der Waals surface area contributed by atoms with Crippen LogP contribution in [-0.2, 0) is 4.74 Å². The number of nitrogens with zero attached hydrogens (tertiary/aromatic N) is 2. The summed E-state index contributed by atoms with van der Waals surface area (Å²) in [6, 6.07) is 6.51. The fraction of sp³-hybridized carbons (Fsp3) is 0.412. The van der Waals surface area contributed by atoms with Crippen LogP contribution in [0.3, 0.4) is 0 Å². The van der Waals surface area contributed by atoms with Crippen LogP contribution >= 0.6 is 0 Å². The highest BCUT2D eigenvalue weighted by Gasteiger charge is 2.26. The number of nitrogens with one attached hydrogen (secondary N) is 2. The van der Waals surface area contributed by atoms with E-state index in [1.165, 1.54) is 6.07 Å². The minimum Gasteiger partial charge on any atom is -0.378 e. The molecule has 1 aliphatic heterocycles. The lowest BCUT2D eigenvalue weighted by Gasteiger charge is -2.29. The van der Waals surface area contributed by atoms with Crippen LogP contribution in [0.25, 0.3) is 0 Å². The molecule has 6 nitrogen and oxygen atoms in total. The Morgan fingerprint density at radius 2 is 2.08 bits per heavy atom. The number of carbonyl (C=O) groups is 1. The molecule has 2 N–H and O–H groups in total. The molecule has 1 saturated carbocycles. The van der Waals surface area contributed by atoms with E-state index in [0.717, 1.165) is 18.5 Å². The number of hydrogen-bond donors (Lipinski definition) is 2. The summed E-state index contributed by atoms with van der Waals surface area (Å²) in [7, 11) is 0. The first-order chi connectivity index (χ1) is 11.7. The zero-order valence-corrected chi connectivity index (χ0v) is 13.2. The van der Waals surface area contributed by atoms with Gasteiger partial charge in [-0.1, -0.05) is 0 Å². The summed E-state index contributed by atoms with van der Waals surface area (Å²) in [4.78, 5) is 14.2. The van der Waals surface area contributed by atoms with E-state index in [2.05, 4.69) is 15.5 Å².